The first kappa shape index (κ1) is 15.2. The average molecular weight is 310 g/mol. The fourth-order valence-electron chi connectivity index (χ4n) is 3.09. The van der Waals surface area contributed by atoms with E-state index < -0.39 is 0 Å². The lowest BCUT2D eigenvalue weighted by atomic mass is 10.1. The second-order valence-electron chi connectivity index (χ2n) is 5.56. The largest absolute Gasteiger partial charge is 0.340 e. The molecular formula is C19H22N2S. The van der Waals surface area contributed by atoms with Crippen LogP contribution >= 0.6 is 11.8 Å². The minimum Gasteiger partial charge on any atom is -0.340 e. The number of nitrogens with two attached hydrogens (primary N) is 1. The number of rotatable bonds is 5. The molecule has 1 heterocycles. The van der Waals surface area contributed by atoms with Gasteiger partial charge in [0.1, 0.15) is 0 Å². The third kappa shape index (κ3) is 2.79. The number of hydrogen-bond acceptors (Lipinski definition) is 2. The molecule has 3 aromatic rings. The van der Waals surface area contributed by atoms with Crippen LogP contribution in [0.2, 0.25) is 0 Å². The summed E-state index contributed by atoms with van der Waals surface area (Å²) in [6, 6.07) is 17.4. The summed E-state index contributed by atoms with van der Waals surface area (Å²) in [6.07, 6.45) is 3.06. The molecule has 0 aliphatic rings. The normalized spacial score (nSPS) is 11.2. The van der Waals surface area contributed by atoms with Gasteiger partial charge in [0.15, 0.2) is 0 Å². The highest BCUT2D eigenvalue weighted by atomic mass is 32.2. The highest BCUT2D eigenvalue weighted by Gasteiger charge is 2.14. The lowest BCUT2D eigenvalue weighted by Gasteiger charge is -2.09. The van der Waals surface area contributed by atoms with Gasteiger partial charge in [-0.15, -0.1) is 11.8 Å². The molecule has 0 saturated heterocycles. The van der Waals surface area contributed by atoms with E-state index in [1.165, 1.54) is 32.6 Å². The SMILES string of the molecule is CSc1ccc2c(c1)c(CCN)c(C)n2Cc1ccccc1. The lowest BCUT2D eigenvalue weighted by molar-refractivity contribution is 0.792. The van der Waals surface area contributed by atoms with Crippen LogP contribution in [0.25, 0.3) is 10.9 Å². The van der Waals surface area contributed by atoms with E-state index in [1.54, 1.807) is 11.8 Å². The number of fused-ring (bicyclic) bond motifs is 1. The Kier molecular flexibility index (Phi) is 4.55. The van der Waals surface area contributed by atoms with Crippen LogP contribution in [0.5, 0.6) is 0 Å². The summed E-state index contributed by atoms with van der Waals surface area (Å²) in [7, 11) is 0. The number of benzene rings is 2. The van der Waals surface area contributed by atoms with E-state index in [4.69, 9.17) is 5.73 Å². The number of thioether (sulfide) groups is 1. The average Bonchev–Trinajstić information content (AvgIpc) is 2.81. The Morgan fingerprint density at radius 3 is 2.55 bits per heavy atom. The van der Waals surface area contributed by atoms with Gasteiger partial charge >= 0.3 is 0 Å². The molecule has 0 fully saturated rings. The smallest absolute Gasteiger partial charge is 0.0489 e. The molecule has 0 saturated carbocycles. The Labute approximate surface area is 136 Å². The zero-order valence-corrected chi connectivity index (χ0v) is 14.0. The first-order valence-electron chi connectivity index (χ1n) is 7.64. The molecular weight excluding hydrogens is 288 g/mol. The van der Waals surface area contributed by atoms with Gasteiger partial charge in [0, 0.05) is 28.0 Å². The number of nitrogens with zero attached hydrogens (tertiary/aromatic N) is 1. The van der Waals surface area contributed by atoms with E-state index in [9.17, 15) is 0 Å². The van der Waals surface area contributed by atoms with Crippen LogP contribution in [0.1, 0.15) is 16.8 Å². The molecule has 0 spiro atoms. The molecule has 0 aliphatic heterocycles. The Bertz CT molecular complexity index is 775. The maximum atomic E-state index is 5.84. The van der Waals surface area contributed by atoms with Crippen molar-refractivity contribution in [2.24, 2.45) is 5.73 Å². The molecule has 0 bridgehead atoms. The fourth-order valence-corrected chi connectivity index (χ4v) is 3.53. The third-order valence-electron chi connectivity index (χ3n) is 4.24. The van der Waals surface area contributed by atoms with E-state index in [2.05, 4.69) is 66.3 Å². The maximum absolute atomic E-state index is 5.84. The van der Waals surface area contributed by atoms with Gasteiger partial charge < -0.3 is 10.3 Å². The standard InChI is InChI=1S/C19H22N2S/c1-14-17(10-11-20)18-12-16(22-2)8-9-19(18)21(14)13-15-6-4-3-5-7-15/h3-9,12H,10-11,13,20H2,1-2H3. The fraction of sp³-hybridized carbons (Fsp3) is 0.263. The quantitative estimate of drug-likeness (QED) is 0.715. The molecule has 2 nitrogen and oxygen atoms in total. The van der Waals surface area contributed by atoms with E-state index in [0.29, 0.717) is 6.54 Å². The van der Waals surface area contributed by atoms with Gasteiger partial charge in [-0.2, -0.15) is 0 Å². The molecule has 3 rings (SSSR count). The van der Waals surface area contributed by atoms with Gasteiger partial charge in [0.2, 0.25) is 0 Å². The summed E-state index contributed by atoms with van der Waals surface area (Å²) in [5.74, 6) is 0. The van der Waals surface area contributed by atoms with Crippen molar-refractivity contribution in [3.63, 3.8) is 0 Å². The van der Waals surface area contributed by atoms with Crippen molar-refractivity contribution in [3.05, 3.63) is 65.4 Å². The second-order valence-corrected chi connectivity index (χ2v) is 6.44. The van der Waals surface area contributed by atoms with Crippen LogP contribution in [0.3, 0.4) is 0 Å². The second kappa shape index (κ2) is 6.59. The van der Waals surface area contributed by atoms with Gasteiger partial charge in [-0.1, -0.05) is 30.3 Å². The molecule has 0 radical (unpaired) electrons. The summed E-state index contributed by atoms with van der Waals surface area (Å²) in [4.78, 5) is 1.31. The first-order chi connectivity index (χ1) is 10.7. The van der Waals surface area contributed by atoms with E-state index >= 15 is 0 Å². The first-order valence-corrected chi connectivity index (χ1v) is 8.86. The van der Waals surface area contributed by atoms with Gasteiger partial charge in [-0.05, 0) is 55.5 Å². The summed E-state index contributed by atoms with van der Waals surface area (Å²) < 4.78 is 2.42. The van der Waals surface area contributed by atoms with Crippen molar-refractivity contribution < 1.29 is 0 Å². The molecule has 0 amide bonds. The van der Waals surface area contributed by atoms with Gasteiger partial charge in [0.05, 0.1) is 0 Å². The topological polar surface area (TPSA) is 30.9 Å². The Morgan fingerprint density at radius 2 is 1.86 bits per heavy atom. The Hall–Kier alpha value is -1.71. The van der Waals surface area contributed by atoms with Crippen molar-refractivity contribution in [3.8, 4) is 0 Å². The van der Waals surface area contributed by atoms with Crippen molar-refractivity contribution in [1.29, 1.82) is 0 Å². The van der Waals surface area contributed by atoms with Crippen LogP contribution in [0.15, 0.2) is 53.4 Å². The van der Waals surface area contributed by atoms with E-state index in [-0.39, 0.29) is 0 Å². The van der Waals surface area contributed by atoms with Crippen LogP contribution in [0, 0.1) is 6.92 Å². The Morgan fingerprint density at radius 1 is 1.09 bits per heavy atom. The van der Waals surface area contributed by atoms with Crippen LogP contribution in [-0.4, -0.2) is 17.4 Å². The van der Waals surface area contributed by atoms with Crippen LogP contribution < -0.4 is 5.73 Å². The lowest BCUT2D eigenvalue weighted by Crippen LogP contribution is -2.05. The van der Waals surface area contributed by atoms with Crippen molar-refractivity contribution in [2.75, 3.05) is 12.8 Å². The van der Waals surface area contributed by atoms with Gasteiger partial charge in [0.25, 0.3) is 0 Å². The van der Waals surface area contributed by atoms with Crippen molar-refractivity contribution in [2.45, 2.75) is 24.8 Å². The summed E-state index contributed by atoms with van der Waals surface area (Å²) in [5, 5.41) is 1.35. The van der Waals surface area contributed by atoms with Crippen molar-refractivity contribution in [1.82, 2.24) is 4.57 Å². The zero-order chi connectivity index (χ0) is 15.5. The zero-order valence-electron chi connectivity index (χ0n) is 13.2. The van der Waals surface area contributed by atoms with Crippen LogP contribution in [-0.2, 0) is 13.0 Å². The molecule has 22 heavy (non-hydrogen) atoms. The van der Waals surface area contributed by atoms with Gasteiger partial charge in [-0.25, -0.2) is 0 Å². The molecule has 0 aliphatic carbocycles. The van der Waals surface area contributed by atoms with E-state index in [1.807, 2.05) is 0 Å². The molecule has 0 atom stereocenters. The molecule has 1 aromatic heterocycles. The third-order valence-corrected chi connectivity index (χ3v) is 4.96. The Balaban J connectivity index is 2.14. The predicted molar refractivity (Wildman–Crippen MR) is 96.8 cm³/mol. The monoisotopic (exact) mass is 310 g/mol. The summed E-state index contributed by atoms with van der Waals surface area (Å²) in [5.41, 5.74) is 11.2. The molecule has 0 unspecified atom stereocenters. The highest BCUT2D eigenvalue weighted by Crippen LogP contribution is 2.30. The van der Waals surface area contributed by atoms with E-state index in [0.717, 1.165) is 13.0 Å². The molecule has 2 N–H and O–H groups in total. The summed E-state index contributed by atoms with van der Waals surface area (Å²) in [6.45, 7) is 3.81. The minimum atomic E-state index is 0.689. The van der Waals surface area contributed by atoms with Crippen molar-refractivity contribution >= 4 is 22.7 Å². The number of aromatic nitrogens is 1. The number of hydrogen-bond donors (Lipinski definition) is 1. The minimum absolute atomic E-state index is 0.689. The molecule has 114 valence electrons. The van der Waals surface area contributed by atoms with Gasteiger partial charge in [-0.3, -0.25) is 0 Å². The highest BCUT2D eigenvalue weighted by molar-refractivity contribution is 7.98. The maximum Gasteiger partial charge on any atom is 0.0489 e. The van der Waals surface area contributed by atoms with Crippen LogP contribution in [0.4, 0.5) is 0 Å². The summed E-state index contributed by atoms with van der Waals surface area (Å²) >= 11 is 1.79. The predicted octanol–water partition coefficient (Wildman–Crippen LogP) is 4.22. The molecule has 3 heteroatoms. The molecule has 2 aromatic carbocycles.